The lowest BCUT2D eigenvalue weighted by Gasteiger charge is -2.13. The first-order chi connectivity index (χ1) is 13.1. The molecule has 0 unspecified atom stereocenters. The Labute approximate surface area is 182 Å². The average Bonchev–Trinajstić information content (AvgIpc) is 2.67. The number of hydrogen-bond acceptors (Lipinski definition) is 4. The Morgan fingerprint density at radius 3 is 2.32 bits per heavy atom. The van der Waals surface area contributed by atoms with E-state index in [9.17, 15) is 9.50 Å². The average molecular weight is 503 g/mol. The van der Waals surface area contributed by atoms with E-state index in [4.69, 9.17) is 9.47 Å². The Bertz CT molecular complexity index is 762. The highest BCUT2D eigenvalue weighted by Crippen LogP contribution is 2.37. The van der Waals surface area contributed by atoms with Gasteiger partial charge in [0.2, 0.25) is 5.75 Å². The number of phenols is 1. The van der Waals surface area contributed by atoms with Gasteiger partial charge in [0.15, 0.2) is 17.5 Å². The standard InChI is InChI=1S/C20H26FN3O3.HI/c1-4-22-20(23-9-8-14-6-5-7-16(21)10-14)24-13-15-11-17(26-2)19(25)18(12-15)27-3;/h5-7,10-12,25H,4,8-9,13H2,1-3H3,(H2,22,23,24);1H. The molecule has 0 fully saturated rings. The first kappa shape index (κ1) is 23.8. The monoisotopic (exact) mass is 503 g/mol. The molecule has 2 aromatic carbocycles. The minimum absolute atomic E-state index is 0. The second-order valence-corrected chi connectivity index (χ2v) is 5.85. The van der Waals surface area contributed by atoms with Crippen LogP contribution in [0.25, 0.3) is 0 Å². The lowest BCUT2D eigenvalue weighted by atomic mass is 10.1. The van der Waals surface area contributed by atoms with Crippen LogP contribution in [0.4, 0.5) is 4.39 Å². The minimum atomic E-state index is -0.233. The van der Waals surface area contributed by atoms with Crippen LogP contribution in [0, 0.1) is 5.82 Å². The predicted octanol–water partition coefficient (Wildman–Crippen LogP) is 3.46. The number of guanidine groups is 1. The molecule has 0 spiro atoms. The van der Waals surface area contributed by atoms with Crippen molar-refractivity contribution in [2.45, 2.75) is 19.9 Å². The van der Waals surface area contributed by atoms with Crippen LogP contribution in [-0.4, -0.2) is 38.4 Å². The molecule has 0 radical (unpaired) electrons. The number of hydrogen-bond donors (Lipinski definition) is 3. The lowest BCUT2D eigenvalue weighted by Crippen LogP contribution is -2.38. The quantitative estimate of drug-likeness (QED) is 0.293. The van der Waals surface area contributed by atoms with Gasteiger partial charge in [0.25, 0.3) is 0 Å². The van der Waals surface area contributed by atoms with Crippen LogP contribution in [0.15, 0.2) is 41.4 Å². The molecule has 0 atom stereocenters. The topological polar surface area (TPSA) is 75.1 Å². The van der Waals surface area contributed by atoms with Gasteiger partial charge in [-0.25, -0.2) is 9.38 Å². The summed E-state index contributed by atoms with van der Waals surface area (Å²) in [4.78, 5) is 4.54. The van der Waals surface area contributed by atoms with Crippen molar-refractivity contribution >= 4 is 29.9 Å². The Kier molecular flexibility index (Phi) is 10.4. The number of rotatable bonds is 8. The molecule has 6 nitrogen and oxygen atoms in total. The molecular weight excluding hydrogens is 476 g/mol. The van der Waals surface area contributed by atoms with Gasteiger partial charge in [0.1, 0.15) is 5.82 Å². The number of aliphatic imine (C=N–C) groups is 1. The van der Waals surface area contributed by atoms with E-state index in [1.165, 1.54) is 26.4 Å². The Balaban J connectivity index is 0.00000392. The number of halogens is 2. The molecule has 3 N–H and O–H groups in total. The third kappa shape index (κ3) is 7.06. The highest BCUT2D eigenvalue weighted by atomic mass is 127. The molecular formula is C20H27FIN3O3. The zero-order chi connectivity index (χ0) is 19.6. The van der Waals surface area contributed by atoms with Crippen molar-refractivity contribution in [3.05, 3.63) is 53.3 Å². The fourth-order valence-electron chi connectivity index (χ4n) is 2.57. The van der Waals surface area contributed by atoms with Crippen LogP contribution in [-0.2, 0) is 13.0 Å². The molecule has 0 saturated heterocycles. The van der Waals surface area contributed by atoms with Crippen LogP contribution >= 0.6 is 24.0 Å². The summed E-state index contributed by atoms with van der Waals surface area (Å²) in [5.41, 5.74) is 1.76. The van der Waals surface area contributed by atoms with Crippen LogP contribution in [0.1, 0.15) is 18.1 Å². The van der Waals surface area contributed by atoms with Gasteiger partial charge in [-0.15, -0.1) is 24.0 Å². The van der Waals surface area contributed by atoms with Crippen molar-refractivity contribution < 1.29 is 19.0 Å². The van der Waals surface area contributed by atoms with Crippen molar-refractivity contribution in [1.82, 2.24) is 10.6 Å². The van der Waals surface area contributed by atoms with Crippen LogP contribution in [0.5, 0.6) is 17.2 Å². The lowest BCUT2D eigenvalue weighted by molar-refractivity contribution is 0.339. The first-order valence-corrected chi connectivity index (χ1v) is 8.77. The molecule has 0 saturated carbocycles. The number of phenolic OH excluding ortho intramolecular Hbond substituents is 1. The molecule has 0 aliphatic rings. The van der Waals surface area contributed by atoms with Crippen molar-refractivity contribution in [3.8, 4) is 17.2 Å². The highest BCUT2D eigenvalue weighted by molar-refractivity contribution is 14.0. The van der Waals surface area contributed by atoms with Gasteiger partial charge in [-0.2, -0.15) is 0 Å². The molecule has 0 amide bonds. The summed E-state index contributed by atoms with van der Waals surface area (Å²) in [7, 11) is 2.97. The van der Waals surface area contributed by atoms with Gasteiger partial charge >= 0.3 is 0 Å². The van der Waals surface area contributed by atoms with E-state index in [0.29, 0.717) is 43.5 Å². The smallest absolute Gasteiger partial charge is 0.200 e. The number of ether oxygens (including phenoxy) is 2. The molecule has 0 aromatic heterocycles. The van der Waals surface area contributed by atoms with Crippen molar-refractivity contribution in [1.29, 1.82) is 0 Å². The number of nitrogens with zero attached hydrogens (tertiary/aromatic N) is 1. The highest BCUT2D eigenvalue weighted by Gasteiger charge is 2.11. The van der Waals surface area contributed by atoms with E-state index in [2.05, 4.69) is 15.6 Å². The maximum absolute atomic E-state index is 13.2. The minimum Gasteiger partial charge on any atom is -0.502 e. The third-order valence-electron chi connectivity index (χ3n) is 3.90. The maximum atomic E-state index is 13.2. The number of nitrogens with one attached hydrogen (secondary N) is 2. The number of aromatic hydroxyl groups is 1. The van der Waals surface area contributed by atoms with Gasteiger partial charge in [0.05, 0.1) is 20.8 Å². The largest absolute Gasteiger partial charge is 0.502 e. The van der Waals surface area contributed by atoms with E-state index in [1.54, 1.807) is 18.2 Å². The summed E-state index contributed by atoms with van der Waals surface area (Å²) < 4.78 is 23.6. The summed E-state index contributed by atoms with van der Waals surface area (Å²) >= 11 is 0. The first-order valence-electron chi connectivity index (χ1n) is 8.77. The molecule has 0 bridgehead atoms. The molecule has 2 aromatic rings. The summed E-state index contributed by atoms with van der Waals surface area (Å²) in [6, 6.07) is 10.00. The fourth-order valence-corrected chi connectivity index (χ4v) is 2.57. The Hall–Kier alpha value is -2.23. The summed E-state index contributed by atoms with van der Waals surface area (Å²) in [5, 5.41) is 16.4. The SMILES string of the molecule is CCNC(=NCc1cc(OC)c(O)c(OC)c1)NCCc1cccc(F)c1.I. The zero-order valence-corrected chi connectivity index (χ0v) is 18.6. The molecule has 0 aliphatic heterocycles. The maximum Gasteiger partial charge on any atom is 0.200 e. The van der Waals surface area contributed by atoms with Crippen molar-refractivity contribution in [2.75, 3.05) is 27.3 Å². The second kappa shape index (κ2) is 12.3. The van der Waals surface area contributed by atoms with Gasteiger partial charge in [-0.3, -0.25) is 0 Å². The zero-order valence-electron chi connectivity index (χ0n) is 16.3. The van der Waals surface area contributed by atoms with Crippen molar-refractivity contribution in [2.24, 2.45) is 4.99 Å². The summed E-state index contributed by atoms with van der Waals surface area (Å²) in [6.45, 7) is 3.70. The van der Waals surface area contributed by atoms with E-state index in [-0.39, 0.29) is 35.5 Å². The van der Waals surface area contributed by atoms with Crippen LogP contribution < -0.4 is 20.1 Å². The summed E-state index contributed by atoms with van der Waals surface area (Å²) in [5.74, 6) is 1.06. The Morgan fingerprint density at radius 2 is 1.75 bits per heavy atom. The Morgan fingerprint density at radius 1 is 1.07 bits per heavy atom. The second-order valence-electron chi connectivity index (χ2n) is 5.85. The molecule has 0 aliphatic carbocycles. The summed E-state index contributed by atoms with van der Waals surface area (Å²) in [6.07, 6.45) is 0.684. The van der Waals surface area contributed by atoms with Crippen molar-refractivity contribution in [3.63, 3.8) is 0 Å². The van der Waals surface area contributed by atoms with E-state index in [1.807, 2.05) is 13.0 Å². The van der Waals surface area contributed by atoms with Gasteiger partial charge in [0, 0.05) is 13.1 Å². The van der Waals surface area contributed by atoms with Crippen LogP contribution in [0.3, 0.4) is 0 Å². The normalized spacial score (nSPS) is 10.8. The van der Waals surface area contributed by atoms with E-state index >= 15 is 0 Å². The third-order valence-corrected chi connectivity index (χ3v) is 3.90. The fraction of sp³-hybridized carbons (Fsp3) is 0.350. The number of methoxy groups -OCH3 is 2. The van der Waals surface area contributed by atoms with Gasteiger partial charge in [-0.05, 0) is 48.7 Å². The van der Waals surface area contributed by atoms with Gasteiger partial charge < -0.3 is 25.2 Å². The molecule has 154 valence electrons. The van der Waals surface area contributed by atoms with Gasteiger partial charge in [-0.1, -0.05) is 12.1 Å². The van der Waals surface area contributed by atoms with Crippen LogP contribution in [0.2, 0.25) is 0 Å². The van der Waals surface area contributed by atoms with E-state index in [0.717, 1.165) is 11.1 Å². The molecule has 28 heavy (non-hydrogen) atoms. The number of benzene rings is 2. The molecule has 0 heterocycles. The van der Waals surface area contributed by atoms with E-state index < -0.39 is 0 Å². The molecule has 2 rings (SSSR count). The molecule has 8 heteroatoms. The predicted molar refractivity (Wildman–Crippen MR) is 120 cm³/mol.